The van der Waals surface area contributed by atoms with Gasteiger partial charge in [-0.1, -0.05) is 31.9 Å². The summed E-state index contributed by atoms with van der Waals surface area (Å²) < 4.78 is 0. The number of allylic oxidation sites excluding steroid dienone is 2. The van der Waals surface area contributed by atoms with Gasteiger partial charge in [0.1, 0.15) is 0 Å². The number of hydrogen-bond acceptors (Lipinski definition) is 1. The summed E-state index contributed by atoms with van der Waals surface area (Å²) in [5.41, 5.74) is 1.28. The van der Waals surface area contributed by atoms with Crippen LogP contribution in [-0.2, 0) is 4.79 Å². The van der Waals surface area contributed by atoms with Crippen LogP contribution >= 0.6 is 0 Å². The van der Waals surface area contributed by atoms with Gasteiger partial charge in [-0.3, -0.25) is 4.79 Å². The summed E-state index contributed by atoms with van der Waals surface area (Å²) in [6, 6.07) is 0. The Bertz CT molecular complexity index is 159. The Balaban J connectivity index is 3.74. The predicted octanol–water partition coefficient (Wildman–Crippen LogP) is 2.99. The highest BCUT2D eigenvalue weighted by Gasteiger charge is 1.99. The SMILES string of the molecule is CCC/C=C(\CC)CCC(=O)O. The van der Waals surface area contributed by atoms with Crippen LogP contribution in [0.3, 0.4) is 0 Å². The van der Waals surface area contributed by atoms with Crippen molar-refractivity contribution in [3.63, 3.8) is 0 Å². The summed E-state index contributed by atoms with van der Waals surface area (Å²) in [6.07, 6.45) is 6.34. The molecule has 70 valence electrons. The van der Waals surface area contributed by atoms with Crippen LogP contribution in [0.4, 0.5) is 0 Å². The second-order valence-electron chi connectivity index (χ2n) is 2.90. The Morgan fingerprint density at radius 3 is 2.42 bits per heavy atom. The van der Waals surface area contributed by atoms with E-state index in [4.69, 9.17) is 5.11 Å². The van der Waals surface area contributed by atoms with Crippen LogP contribution in [-0.4, -0.2) is 11.1 Å². The summed E-state index contributed by atoms with van der Waals surface area (Å²) >= 11 is 0. The number of hydrogen-bond donors (Lipinski definition) is 1. The summed E-state index contributed by atoms with van der Waals surface area (Å²) in [7, 11) is 0. The highest BCUT2D eigenvalue weighted by atomic mass is 16.4. The third kappa shape index (κ3) is 5.96. The van der Waals surface area contributed by atoms with Crippen molar-refractivity contribution < 1.29 is 9.90 Å². The molecular weight excluding hydrogens is 152 g/mol. The van der Waals surface area contributed by atoms with Gasteiger partial charge < -0.3 is 5.11 Å². The van der Waals surface area contributed by atoms with Crippen molar-refractivity contribution in [3.8, 4) is 0 Å². The van der Waals surface area contributed by atoms with Crippen molar-refractivity contribution in [2.45, 2.75) is 46.0 Å². The van der Waals surface area contributed by atoms with E-state index >= 15 is 0 Å². The normalized spacial score (nSPS) is 11.7. The average Bonchev–Trinajstić information content (AvgIpc) is 2.05. The van der Waals surface area contributed by atoms with Crippen LogP contribution in [0.15, 0.2) is 11.6 Å². The molecule has 0 spiro atoms. The molecule has 0 rings (SSSR count). The molecule has 0 heterocycles. The molecule has 0 saturated carbocycles. The Labute approximate surface area is 74.3 Å². The maximum atomic E-state index is 10.3. The summed E-state index contributed by atoms with van der Waals surface area (Å²) in [4.78, 5) is 10.3. The molecule has 0 fully saturated rings. The van der Waals surface area contributed by atoms with Crippen molar-refractivity contribution >= 4 is 5.97 Å². The Morgan fingerprint density at radius 2 is 2.00 bits per heavy atom. The fraction of sp³-hybridized carbons (Fsp3) is 0.700. The fourth-order valence-electron chi connectivity index (χ4n) is 1.04. The first kappa shape index (κ1) is 11.2. The first-order chi connectivity index (χ1) is 5.70. The number of aliphatic carboxylic acids is 1. The van der Waals surface area contributed by atoms with Crippen LogP contribution in [0.2, 0.25) is 0 Å². The van der Waals surface area contributed by atoms with Crippen molar-refractivity contribution in [2.24, 2.45) is 0 Å². The standard InChI is InChI=1S/C10H18O2/c1-3-5-6-9(4-2)7-8-10(11)12/h6H,3-5,7-8H2,1-2H3,(H,11,12)/b9-6+. The molecule has 0 aliphatic carbocycles. The van der Waals surface area contributed by atoms with Crippen molar-refractivity contribution in [1.29, 1.82) is 0 Å². The second-order valence-corrected chi connectivity index (χ2v) is 2.90. The van der Waals surface area contributed by atoms with Crippen LogP contribution < -0.4 is 0 Å². The molecule has 12 heavy (non-hydrogen) atoms. The molecule has 0 amide bonds. The number of rotatable bonds is 6. The average molecular weight is 170 g/mol. The van der Waals surface area contributed by atoms with Gasteiger partial charge in [-0.25, -0.2) is 0 Å². The first-order valence-electron chi connectivity index (χ1n) is 4.60. The molecule has 1 N–H and O–H groups in total. The number of carbonyl (C=O) groups is 1. The van der Waals surface area contributed by atoms with Crippen LogP contribution in [0.25, 0.3) is 0 Å². The smallest absolute Gasteiger partial charge is 0.303 e. The molecule has 2 nitrogen and oxygen atoms in total. The van der Waals surface area contributed by atoms with E-state index < -0.39 is 5.97 Å². The minimum Gasteiger partial charge on any atom is -0.481 e. The van der Waals surface area contributed by atoms with Crippen molar-refractivity contribution in [3.05, 3.63) is 11.6 Å². The van der Waals surface area contributed by atoms with E-state index in [1.165, 1.54) is 5.57 Å². The van der Waals surface area contributed by atoms with Gasteiger partial charge in [-0.05, 0) is 19.3 Å². The zero-order chi connectivity index (χ0) is 9.40. The molecule has 0 atom stereocenters. The zero-order valence-corrected chi connectivity index (χ0v) is 7.97. The third-order valence-corrected chi connectivity index (χ3v) is 1.84. The Kier molecular flexibility index (Phi) is 6.44. The highest BCUT2D eigenvalue weighted by Crippen LogP contribution is 2.10. The second kappa shape index (κ2) is 6.89. The van der Waals surface area contributed by atoms with Crippen molar-refractivity contribution in [2.75, 3.05) is 0 Å². The molecule has 0 aromatic carbocycles. The number of carboxylic acids is 1. The number of carboxylic acid groups (broad SMARTS) is 1. The lowest BCUT2D eigenvalue weighted by Gasteiger charge is -2.01. The van der Waals surface area contributed by atoms with Gasteiger partial charge >= 0.3 is 5.97 Å². The van der Waals surface area contributed by atoms with Gasteiger partial charge in [-0.2, -0.15) is 0 Å². The van der Waals surface area contributed by atoms with Crippen molar-refractivity contribution in [1.82, 2.24) is 0 Å². The minimum atomic E-state index is -0.703. The van der Waals surface area contributed by atoms with Gasteiger partial charge in [0.15, 0.2) is 0 Å². The molecule has 2 heteroatoms. The molecule has 0 aromatic heterocycles. The van der Waals surface area contributed by atoms with E-state index in [1.54, 1.807) is 0 Å². The quantitative estimate of drug-likeness (QED) is 0.622. The lowest BCUT2D eigenvalue weighted by atomic mass is 10.1. The van der Waals surface area contributed by atoms with E-state index in [2.05, 4.69) is 19.9 Å². The molecule has 0 aromatic rings. The number of unbranched alkanes of at least 4 members (excludes halogenated alkanes) is 1. The minimum absolute atomic E-state index is 0.267. The predicted molar refractivity (Wildman–Crippen MR) is 50.2 cm³/mol. The van der Waals surface area contributed by atoms with Gasteiger partial charge in [0.25, 0.3) is 0 Å². The van der Waals surface area contributed by atoms with Crippen LogP contribution in [0.1, 0.15) is 46.0 Å². The molecule has 0 aliphatic rings. The molecular formula is C10H18O2. The van der Waals surface area contributed by atoms with Crippen LogP contribution in [0.5, 0.6) is 0 Å². The van der Waals surface area contributed by atoms with E-state index in [9.17, 15) is 4.79 Å². The summed E-state index contributed by atoms with van der Waals surface area (Å²) in [5, 5.41) is 8.46. The lowest BCUT2D eigenvalue weighted by molar-refractivity contribution is -0.136. The van der Waals surface area contributed by atoms with E-state index in [0.717, 1.165) is 19.3 Å². The largest absolute Gasteiger partial charge is 0.481 e. The molecule has 0 radical (unpaired) electrons. The van der Waals surface area contributed by atoms with E-state index in [-0.39, 0.29) is 6.42 Å². The summed E-state index contributed by atoms with van der Waals surface area (Å²) in [6.45, 7) is 4.20. The maximum Gasteiger partial charge on any atom is 0.303 e. The van der Waals surface area contributed by atoms with E-state index in [0.29, 0.717) is 6.42 Å². The highest BCUT2D eigenvalue weighted by molar-refractivity contribution is 5.67. The maximum absolute atomic E-state index is 10.3. The Hall–Kier alpha value is -0.790. The van der Waals surface area contributed by atoms with E-state index in [1.807, 2.05) is 0 Å². The van der Waals surface area contributed by atoms with Crippen LogP contribution in [0, 0.1) is 0 Å². The first-order valence-corrected chi connectivity index (χ1v) is 4.60. The zero-order valence-electron chi connectivity index (χ0n) is 7.97. The monoisotopic (exact) mass is 170 g/mol. The topological polar surface area (TPSA) is 37.3 Å². The summed E-state index contributed by atoms with van der Waals surface area (Å²) in [5.74, 6) is -0.703. The molecule has 0 saturated heterocycles. The lowest BCUT2D eigenvalue weighted by Crippen LogP contribution is -1.95. The van der Waals surface area contributed by atoms with Gasteiger partial charge in [0, 0.05) is 6.42 Å². The fourth-order valence-corrected chi connectivity index (χ4v) is 1.04. The van der Waals surface area contributed by atoms with Gasteiger partial charge in [-0.15, -0.1) is 0 Å². The molecule has 0 bridgehead atoms. The third-order valence-electron chi connectivity index (χ3n) is 1.84. The Morgan fingerprint density at radius 1 is 1.33 bits per heavy atom. The molecule has 0 unspecified atom stereocenters. The van der Waals surface area contributed by atoms with Gasteiger partial charge in [0.05, 0.1) is 0 Å². The molecule has 0 aliphatic heterocycles. The van der Waals surface area contributed by atoms with Gasteiger partial charge in [0.2, 0.25) is 0 Å².